The molecule has 160 valence electrons. The summed E-state index contributed by atoms with van der Waals surface area (Å²) < 4.78 is 27.9. The van der Waals surface area contributed by atoms with E-state index in [1.807, 2.05) is 0 Å². The fourth-order valence-corrected chi connectivity index (χ4v) is 6.61. The minimum atomic E-state index is -3.52. The van der Waals surface area contributed by atoms with E-state index in [0.717, 1.165) is 6.42 Å². The van der Waals surface area contributed by atoms with Crippen molar-refractivity contribution in [2.75, 3.05) is 18.4 Å². The van der Waals surface area contributed by atoms with Crippen LogP contribution in [0, 0.1) is 17.3 Å². The van der Waals surface area contributed by atoms with Crippen LogP contribution in [0.2, 0.25) is 0 Å². The fourth-order valence-electron chi connectivity index (χ4n) is 5.09. The lowest BCUT2D eigenvalue weighted by molar-refractivity contribution is 0.102. The van der Waals surface area contributed by atoms with E-state index in [0.29, 0.717) is 41.6 Å². The Balaban J connectivity index is 1.43. The van der Waals surface area contributed by atoms with Crippen LogP contribution in [0.15, 0.2) is 53.7 Å². The van der Waals surface area contributed by atoms with E-state index in [-0.39, 0.29) is 10.8 Å². The topological polar surface area (TPSA) is 79.4 Å². The zero-order valence-corrected chi connectivity index (χ0v) is 18.4. The minimum Gasteiger partial charge on any atom is -0.322 e. The van der Waals surface area contributed by atoms with Gasteiger partial charge in [0.15, 0.2) is 0 Å². The summed E-state index contributed by atoms with van der Waals surface area (Å²) in [6.07, 6.45) is 7.73. The van der Waals surface area contributed by atoms with Crippen molar-refractivity contribution < 1.29 is 13.2 Å². The maximum atomic E-state index is 13.1. The second kappa shape index (κ2) is 8.12. The SMILES string of the molecule is CC1(C)CCCC1C1CCN(S(=O)(=O)c2ccc(NC(=O)c3ccncc3)cc2)C1. The molecule has 0 bridgehead atoms. The molecule has 7 heteroatoms. The first-order valence-corrected chi connectivity index (χ1v) is 12.0. The molecule has 2 aliphatic rings. The monoisotopic (exact) mass is 427 g/mol. The molecule has 2 fully saturated rings. The Morgan fingerprint density at radius 3 is 2.43 bits per heavy atom. The molecule has 0 radical (unpaired) electrons. The number of anilines is 1. The molecule has 1 aliphatic heterocycles. The number of nitrogens with zero attached hydrogens (tertiary/aromatic N) is 2. The Bertz CT molecular complexity index is 1000. The van der Waals surface area contributed by atoms with Crippen molar-refractivity contribution in [3.63, 3.8) is 0 Å². The zero-order valence-electron chi connectivity index (χ0n) is 17.5. The van der Waals surface area contributed by atoms with E-state index >= 15 is 0 Å². The summed E-state index contributed by atoms with van der Waals surface area (Å²) in [6, 6.07) is 9.68. The number of amides is 1. The number of hydrogen-bond donors (Lipinski definition) is 1. The largest absolute Gasteiger partial charge is 0.322 e. The summed E-state index contributed by atoms with van der Waals surface area (Å²) >= 11 is 0. The van der Waals surface area contributed by atoms with Crippen LogP contribution in [-0.4, -0.2) is 36.7 Å². The van der Waals surface area contributed by atoms with Gasteiger partial charge in [0.1, 0.15) is 0 Å². The van der Waals surface area contributed by atoms with Gasteiger partial charge in [0.25, 0.3) is 5.91 Å². The molecule has 4 rings (SSSR count). The molecule has 1 saturated heterocycles. The van der Waals surface area contributed by atoms with Crippen LogP contribution in [0.5, 0.6) is 0 Å². The number of benzene rings is 1. The van der Waals surface area contributed by atoms with E-state index in [9.17, 15) is 13.2 Å². The Hall–Kier alpha value is -2.25. The van der Waals surface area contributed by atoms with Gasteiger partial charge in [0.05, 0.1) is 4.90 Å². The van der Waals surface area contributed by atoms with Gasteiger partial charge in [-0.15, -0.1) is 0 Å². The first kappa shape index (κ1) is 21.0. The molecule has 1 aromatic heterocycles. The summed E-state index contributed by atoms with van der Waals surface area (Å²) in [7, 11) is -3.52. The van der Waals surface area contributed by atoms with Gasteiger partial charge in [0, 0.05) is 36.7 Å². The number of carbonyl (C=O) groups excluding carboxylic acids is 1. The third-order valence-electron chi connectivity index (χ3n) is 6.79. The Kier molecular flexibility index (Phi) is 5.68. The van der Waals surface area contributed by atoms with Crippen molar-refractivity contribution in [3.05, 3.63) is 54.4 Å². The van der Waals surface area contributed by atoms with E-state index in [1.54, 1.807) is 53.1 Å². The Labute approximate surface area is 178 Å². The van der Waals surface area contributed by atoms with Crippen LogP contribution in [0.4, 0.5) is 5.69 Å². The number of carbonyl (C=O) groups is 1. The average molecular weight is 428 g/mol. The van der Waals surface area contributed by atoms with Crippen molar-refractivity contribution in [2.24, 2.45) is 17.3 Å². The third-order valence-corrected chi connectivity index (χ3v) is 8.67. The number of hydrogen-bond acceptors (Lipinski definition) is 4. The third kappa shape index (κ3) is 4.14. The highest BCUT2D eigenvalue weighted by Crippen LogP contribution is 2.49. The molecule has 1 aliphatic carbocycles. The van der Waals surface area contributed by atoms with E-state index in [2.05, 4.69) is 24.1 Å². The molecule has 6 nitrogen and oxygen atoms in total. The van der Waals surface area contributed by atoms with Gasteiger partial charge >= 0.3 is 0 Å². The number of aromatic nitrogens is 1. The smallest absolute Gasteiger partial charge is 0.255 e. The second-order valence-electron chi connectivity index (χ2n) is 9.11. The highest BCUT2D eigenvalue weighted by atomic mass is 32.2. The van der Waals surface area contributed by atoms with Crippen molar-refractivity contribution >= 4 is 21.6 Å². The van der Waals surface area contributed by atoms with E-state index < -0.39 is 10.0 Å². The molecule has 30 heavy (non-hydrogen) atoms. The molecule has 2 aromatic rings. The lowest BCUT2D eigenvalue weighted by Crippen LogP contribution is -2.32. The van der Waals surface area contributed by atoms with Gasteiger partial charge in [-0.05, 0) is 72.9 Å². The van der Waals surface area contributed by atoms with Gasteiger partial charge in [0.2, 0.25) is 10.0 Å². The van der Waals surface area contributed by atoms with Gasteiger partial charge in [-0.2, -0.15) is 4.31 Å². The number of rotatable bonds is 5. The first-order valence-electron chi connectivity index (χ1n) is 10.6. The first-order chi connectivity index (χ1) is 14.3. The van der Waals surface area contributed by atoms with Gasteiger partial charge in [-0.3, -0.25) is 9.78 Å². The maximum absolute atomic E-state index is 13.1. The molecule has 0 spiro atoms. The number of sulfonamides is 1. The molecule has 2 unspecified atom stereocenters. The van der Waals surface area contributed by atoms with Crippen LogP contribution in [-0.2, 0) is 10.0 Å². The van der Waals surface area contributed by atoms with Gasteiger partial charge in [-0.25, -0.2) is 8.42 Å². The van der Waals surface area contributed by atoms with E-state index in [1.165, 1.54) is 19.3 Å². The predicted octanol–water partition coefficient (Wildman–Crippen LogP) is 4.17. The summed E-state index contributed by atoms with van der Waals surface area (Å²) in [5.41, 5.74) is 1.36. The fraction of sp³-hybridized carbons (Fsp3) is 0.478. The van der Waals surface area contributed by atoms with Crippen LogP contribution < -0.4 is 5.32 Å². The molecular formula is C23H29N3O3S. The van der Waals surface area contributed by atoms with Crippen LogP contribution in [0.3, 0.4) is 0 Å². The Morgan fingerprint density at radius 2 is 1.80 bits per heavy atom. The van der Waals surface area contributed by atoms with Gasteiger partial charge < -0.3 is 5.32 Å². The minimum absolute atomic E-state index is 0.255. The summed E-state index contributed by atoms with van der Waals surface area (Å²) in [5.74, 6) is 0.786. The van der Waals surface area contributed by atoms with Crippen molar-refractivity contribution in [1.82, 2.24) is 9.29 Å². The zero-order chi connectivity index (χ0) is 21.4. The quantitative estimate of drug-likeness (QED) is 0.777. The van der Waals surface area contributed by atoms with Crippen molar-refractivity contribution in [1.29, 1.82) is 0 Å². The lowest BCUT2D eigenvalue weighted by atomic mass is 9.74. The van der Waals surface area contributed by atoms with Crippen molar-refractivity contribution in [2.45, 2.75) is 44.4 Å². The molecule has 1 saturated carbocycles. The molecule has 1 N–H and O–H groups in total. The van der Waals surface area contributed by atoms with Crippen LogP contribution >= 0.6 is 0 Å². The molecular weight excluding hydrogens is 398 g/mol. The number of pyridine rings is 1. The molecule has 1 aromatic carbocycles. The second-order valence-corrected chi connectivity index (χ2v) is 11.1. The summed E-state index contributed by atoms with van der Waals surface area (Å²) in [4.78, 5) is 16.4. The average Bonchev–Trinajstić information content (AvgIpc) is 3.35. The predicted molar refractivity (Wildman–Crippen MR) is 117 cm³/mol. The highest BCUT2D eigenvalue weighted by molar-refractivity contribution is 7.89. The maximum Gasteiger partial charge on any atom is 0.255 e. The normalized spacial score (nSPS) is 24.1. The van der Waals surface area contributed by atoms with E-state index in [4.69, 9.17) is 0 Å². The Morgan fingerprint density at radius 1 is 1.10 bits per heavy atom. The van der Waals surface area contributed by atoms with Gasteiger partial charge in [-0.1, -0.05) is 20.3 Å². The summed E-state index contributed by atoms with van der Waals surface area (Å²) in [5, 5.41) is 2.78. The molecule has 2 heterocycles. The summed E-state index contributed by atoms with van der Waals surface area (Å²) in [6.45, 7) is 5.83. The molecule has 1 amide bonds. The molecule has 2 atom stereocenters. The van der Waals surface area contributed by atoms with Crippen LogP contribution in [0.1, 0.15) is 49.9 Å². The lowest BCUT2D eigenvalue weighted by Gasteiger charge is -2.32. The number of nitrogens with one attached hydrogen (secondary N) is 1. The van der Waals surface area contributed by atoms with Crippen molar-refractivity contribution in [3.8, 4) is 0 Å². The van der Waals surface area contributed by atoms with Crippen LogP contribution in [0.25, 0.3) is 0 Å². The highest BCUT2D eigenvalue weighted by Gasteiger charge is 2.44. The standard InChI is InChI=1S/C23H29N3O3S/c1-23(2)12-3-4-21(23)18-11-15-26(16-18)30(28,29)20-7-5-19(6-8-20)25-22(27)17-9-13-24-14-10-17/h5-10,13-14,18,21H,3-4,11-12,15-16H2,1-2H3,(H,25,27).